The first-order valence-corrected chi connectivity index (χ1v) is 5.81. The molecule has 2 rings (SSSR count). The molecule has 0 aliphatic carbocycles. The smallest absolute Gasteiger partial charge is 0.189 e. The van der Waals surface area contributed by atoms with E-state index in [0.717, 1.165) is 29.7 Å². The molecule has 5 heteroatoms. The topological polar surface area (TPSA) is 63.5 Å². The second-order valence-corrected chi connectivity index (χ2v) is 3.88. The second kappa shape index (κ2) is 7.25. The number of halogens is 1. The third kappa shape index (κ3) is 3.90. The summed E-state index contributed by atoms with van der Waals surface area (Å²) in [6, 6.07) is 9.90. The van der Waals surface area contributed by atoms with E-state index in [4.69, 9.17) is 10.2 Å². The van der Waals surface area contributed by atoms with Gasteiger partial charge < -0.3 is 15.5 Å². The number of hydrogen-bond donors (Lipinski definition) is 2. The fourth-order valence-corrected chi connectivity index (χ4v) is 1.59. The summed E-state index contributed by atoms with van der Waals surface area (Å²) >= 11 is 0. The van der Waals surface area contributed by atoms with Crippen molar-refractivity contribution in [3.05, 3.63) is 36.1 Å². The van der Waals surface area contributed by atoms with Gasteiger partial charge in [-0.05, 0) is 18.6 Å². The van der Waals surface area contributed by atoms with Gasteiger partial charge in [-0.1, -0.05) is 25.1 Å². The van der Waals surface area contributed by atoms with E-state index in [1.807, 2.05) is 30.3 Å². The van der Waals surface area contributed by atoms with E-state index < -0.39 is 0 Å². The van der Waals surface area contributed by atoms with Gasteiger partial charge in [0.05, 0.1) is 0 Å². The number of nitrogens with one attached hydrogen (secondary N) is 1. The highest BCUT2D eigenvalue weighted by molar-refractivity contribution is 14.0. The van der Waals surface area contributed by atoms with Crippen LogP contribution < -0.4 is 11.1 Å². The van der Waals surface area contributed by atoms with Crippen LogP contribution in [0.25, 0.3) is 11.0 Å². The molecule has 1 aromatic heterocycles. The molecule has 0 aliphatic rings. The van der Waals surface area contributed by atoms with Crippen molar-refractivity contribution in [2.45, 2.75) is 19.9 Å². The van der Waals surface area contributed by atoms with Gasteiger partial charge in [-0.15, -0.1) is 24.0 Å². The Morgan fingerprint density at radius 1 is 1.39 bits per heavy atom. The Bertz CT molecular complexity index is 489. The minimum absolute atomic E-state index is 0. The highest BCUT2D eigenvalue weighted by Gasteiger charge is 2.01. The van der Waals surface area contributed by atoms with Gasteiger partial charge in [0, 0.05) is 11.9 Å². The van der Waals surface area contributed by atoms with Gasteiger partial charge >= 0.3 is 0 Å². The zero-order valence-corrected chi connectivity index (χ0v) is 12.7. The van der Waals surface area contributed by atoms with Gasteiger partial charge in [-0.2, -0.15) is 0 Å². The molecule has 98 valence electrons. The molecule has 2 aromatic rings. The summed E-state index contributed by atoms with van der Waals surface area (Å²) in [6.07, 6.45) is 1.03. The minimum Gasteiger partial charge on any atom is -0.459 e. The summed E-state index contributed by atoms with van der Waals surface area (Å²) < 4.78 is 5.63. The molecular weight excluding hydrogens is 341 g/mol. The monoisotopic (exact) mass is 359 g/mol. The molecule has 0 unspecified atom stereocenters. The van der Waals surface area contributed by atoms with Crippen LogP contribution >= 0.6 is 24.0 Å². The zero-order chi connectivity index (χ0) is 12.1. The lowest BCUT2D eigenvalue weighted by Gasteiger charge is -2.01. The fourth-order valence-electron chi connectivity index (χ4n) is 1.59. The summed E-state index contributed by atoms with van der Waals surface area (Å²) in [5, 5.41) is 4.12. The Labute approximate surface area is 124 Å². The van der Waals surface area contributed by atoms with Gasteiger partial charge in [-0.25, -0.2) is 4.99 Å². The number of para-hydroxylation sites is 1. The van der Waals surface area contributed by atoms with Crippen LogP contribution in [0.2, 0.25) is 0 Å². The Morgan fingerprint density at radius 3 is 2.89 bits per heavy atom. The molecule has 0 saturated carbocycles. The Kier molecular flexibility index (Phi) is 5.97. The van der Waals surface area contributed by atoms with Crippen LogP contribution in [-0.2, 0) is 6.54 Å². The number of benzene rings is 1. The third-order valence-electron chi connectivity index (χ3n) is 2.44. The van der Waals surface area contributed by atoms with E-state index in [9.17, 15) is 0 Å². The molecule has 0 radical (unpaired) electrons. The summed E-state index contributed by atoms with van der Waals surface area (Å²) in [5.41, 5.74) is 6.59. The minimum atomic E-state index is 0. The van der Waals surface area contributed by atoms with Crippen molar-refractivity contribution in [2.24, 2.45) is 10.7 Å². The quantitative estimate of drug-likeness (QED) is 0.501. The van der Waals surface area contributed by atoms with E-state index >= 15 is 0 Å². The van der Waals surface area contributed by atoms with Crippen molar-refractivity contribution in [3.63, 3.8) is 0 Å². The Hall–Kier alpha value is -1.24. The first kappa shape index (κ1) is 14.8. The number of aliphatic imine (C=N–C) groups is 1. The van der Waals surface area contributed by atoms with Crippen LogP contribution in [0.5, 0.6) is 0 Å². The van der Waals surface area contributed by atoms with E-state index in [1.165, 1.54) is 0 Å². The Balaban J connectivity index is 0.00000162. The van der Waals surface area contributed by atoms with Crippen LogP contribution in [0.1, 0.15) is 19.1 Å². The molecule has 0 amide bonds. The van der Waals surface area contributed by atoms with E-state index in [-0.39, 0.29) is 24.0 Å². The molecule has 0 saturated heterocycles. The molecule has 4 nitrogen and oxygen atoms in total. The summed E-state index contributed by atoms with van der Waals surface area (Å²) in [7, 11) is 0. The first-order valence-electron chi connectivity index (χ1n) is 5.81. The maximum atomic E-state index is 5.70. The molecule has 18 heavy (non-hydrogen) atoms. The lowest BCUT2D eigenvalue weighted by molar-refractivity contribution is 0.552. The number of rotatable bonds is 4. The average molecular weight is 359 g/mol. The standard InChI is InChI=1S/C13H17N3O.HI/c1-2-7-15-13(14)16-9-11-8-10-5-3-4-6-12(10)17-11;/h3-6,8H,2,7,9H2,1H3,(H3,14,15,16);1H. The van der Waals surface area contributed by atoms with Crippen molar-refractivity contribution in [2.75, 3.05) is 6.54 Å². The molecule has 1 aromatic carbocycles. The van der Waals surface area contributed by atoms with Crippen LogP contribution in [0.15, 0.2) is 39.7 Å². The maximum Gasteiger partial charge on any atom is 0.189 e. The van der Waals surface area contributed by atoms with Gasteiger partial charge in [0.2, 0.25) is 0 Å². The van der Waals surface area contributed by atoms with Gasteiger partial charge in [0.1, 0.15) is 17.9 Å². The predicted molar refractivity (Wildman–Crippen MR) is 85.2 cm³/mol. The van der Waals surface area contributed by atoms with E-state index in [0.29, 0.717) is 12.5 Å². The number of guanidine groups is 1. The number of nitrogens with zero attached hydrogens (tertiary/aromatic N) is 1. The van der Waals surface area contributed by atoms with Gasteiger partial charge in [0.25, 0.3) is 0 Å². The SMILES string of the molecule is CCCNC(N)=NCc1cc2ccccc2o1.I. The summed E-state index contributed by atoms with van der Waals surface area (Å²) in [6.45, 7) is 3.40. The normalized spacial score (nSPS) is 11.3. The first-order chi connectivity index (χ1) is 8.29. The van der Waals surface area contributed by atoms with Crippen LogP contribution in [0.4, 0.5) is 0 Å². The van der Waals surface area contributed by atoms with Crippen LogP contribution in [0, 0.1) is 0 Å². The van der Waals surface area contributed by atoms with Crippen molar-refractivity contribution < 1.29 is 4.42 Å². The predicted octanol–water partition coefficient (Wildman–Crippen LogP) is 2.87. The molecule has 0 bridgehead atoms. The summed E-state index contributed by atoms with van der Waals surface area (Å²) in [4.78, 5) is 4.22. The van der Waals surface area contributed by atoms with Gasteiger partial charge in [-0.3, -0.25) is 0 Å². The highest BCUT2D eigenvalue weighted by atomic mass is 127. The number of fused-ring (bicyclic) bond motifs is 1. The third-order valence-corrected chi connectivity index (χ3v) is 2.44. The lowest BCUT2D eigenvalue weighted by Crippen LogP contribution is -2.32. The van der Waals surface area contributed by atoms with Crippen molar-refractivity contribution in [1.29, 1.82) is 0 Å². The number of hydrogen-bond acceptors (Lipinski definition) is 2. The molecule has 1 heterocycles. The van der Waals surface area contributed by atoms with E-state index in [2.05, 4.69) is 17.2 Å². The highest BCUT2D eigenvalue weighted by Crippen LogP contribution is 2.19. The van der Waals surface area contributed by atoms with Crippen LogP contribution in [0.3, 0.4) is 0 Å². The largest absolute Gasteiger partial charge is 0.459 e. The van der Waals surface area contributed by atoms with Crippen molar-refractivity contribution >= 4 is 40.9 Å². The van der Waals surface area contributed by atoms with Crippen molar-refractivity contribution in [1.82, 2.24) is 5.32 Å². The lowest BCUT2D eigenvalue weighted by atomic mass is 10.2. The molecular formula is C13H18IN3O. The average Bonchev–Trinajstić information content (AvgIpc) is 2.76. The van der Waals surface area contributed by atoms with Crippen LogP contribution in [-0.4, -0.2) is 12.5 Å². The number of nitrogens with two attached hydrogens (primary N) is 1. The summed E-state index contributed by atoms with van der Waals surface area (Å²) in [5.74, 6) is 1.29. The second-order valence-electron chi connectivity index (χ2n) is 3.88. The molecule has 3 N–H and O–H groups in total. The molecule has 0 atom stereocenters. The van der Waals surface area contributed by atoms with E-state index in [1.54, 1.807) is 0 Å². The van der Waals surface area contributed by atoms with Crippen molar-refractivity contribution in [3.8, 4) is 0 Å². The Morgan fingerprint density at radius 2 is 2.17 bits per heavy atom. The zero-order valence-electron chi connectivity index (χ0n) is 10.3. The number of furan rings is 1. The molecule has 0 spiro atoms. The maximum absolute atomic E-state index is 5.70. The molecule has 0 fully saturated rings. The molecule has 0 aliphatic heterocycles. The van der Waals surface area contributed by atoms with Gasteiger partial charge in [0.15, 0.2) is 5.96 Å². The fraction of sp³-hybridized carbons (Fsp3) is 0.308.